The Balaban J connectivity index is 2.14. The molecular formula is C14H17N3. The topological polar surface area (TPSA) is 42.2 Å². The van der Waals surface area contributed by atoms with Crippen LogP contribution in [0, 0.1) is 0 Å². The van der Waals surface area contributed by atoms with Gasteiger partial charge in [0.25, 0.3) is 0 Å². The van der Waals surface area contributed by atoms with E-state index in [2.05, 4.69) is 16.8 Å². The van der Waals surface area contributed by atoms with E-state index in [1.807, 2.05) is 48.7 Å². The van der Waals surface area contributed by atoms with Crippen LogP contribution in [0.4, 0.5) is 11.4 Å². The summed E-state index contributed by atoms with van der Waals surface area (Å²) >= 11 is 0. The smallest absolute Gasteiger partial charge is 0.0601 e. The first-order valence-electron chi connectivity index (χ1n) is 5.80. The molecule has 0 saturated carbocycles. The summed E-state index contributed by atoms with van der Waals surface area (Å²) in [7, 11) is 0. The number of benzene rings is 1. The molecule has 0 saturated heterocycles. The van der Waals surface area contributed by atoms with Crippen LogP contribution in [-0.4, -0.2) is 11.5 Å². The summed E-state index contributed by atoms with van der Waals surface area (Å²) in [5.41, 5.74) is 8.73. The lowest BCUT2D eigenvalue weighted by atomic mass is 10.2. The summed E-state index contributed by atoms with van der Waals surface area (Å²) in [6.07, 6.45) is 1.83. The number of nitrogen functional groups attached to an aromatic ring is 1. The van der Waals surface area contributed by atoms with Crippen molar-refractivity contribution < 1.29 is 0 Å². The Labute approximate surface area is 102 Å². The molecule has 2 aromatic rings. The number of anilines is 2. The summed E-state index contributed by atoms with van der Waals surface area (Å²) in [5.74, 6) is 0. The van der Waals surface area contributed by atoms with Gasteiger partial charge in [-0.1, -0.05) is 6.07 Å². The SMILES string of the molecule is CCN(Cc1ccccn1)c1ccc(N)cc1. The molecule has 0 radical (unpaired) electrons. The Morgan fingerprint density at radius 2 is 1.88 bits per heavy atom. The Kier molecular flexibility index (Phi) is 3.60. The van der Waals surface area contributed by atoms with E-state index in [-0.39, 0.29) is 0 Å². The molecule has 1 aromatic heterocycles. The molecule has 0 bridgehead atoms. The van der Waals surface area contributed by atoms with Crippen molar-refractivity contribution in [3.05, 3.63) is 54.4 Å². The van der Waals surface area contributed by atoms with Crippen molar-refractivity contribution in [2.45, 2.75) is 13.5 Å². The number of rotatable bonds is 4. The second kappa shape index (κ2) is 5.34. The molecule has 0 fully saturated rings. The molecule has 88 valence electrons. The van der Waals surface area contributed by atoms with Crippen molar-refractivity contribution in [3.8, 4) is 0 Å². The first kappa shape index (κ1) is 11.5. The number of aromatic nitrogens is 1. The molecule has 2 N–H and O–H groups in total. The van der Waals surface area contributed by atoms with Gasteiger partial charge >= 0.3 is 0 Å². The Morgan fingerprint density at radius 3 is 2.47 bits per heavy atom. The van der Waals surface area contributed by atoms with E-state index in [1.165, 1.54) is 5.69 Å². The minimum Gasteiger partial charge on any atom is -0.399 e. The highest BCUT2D eigenvalue weighted by atomic mass is 15.1. The van der Waals surface area contributed by atoms with E-state index in [1.54, 1.807) is 0 Å². The summed E-state index contributed by atoms with van der Waals surface area (Å²) in [4.78, 5) is 6.61. The molecular weight excluding hydrogens is 210 g/mol. The van der Waals surface area contributed by atoms with Gasteiger partial charge in [0.2, 0.25) is 0 Å². The highest BCUT2D eigenvalue weighted by Crippen LogP contribution is 2.17. The van der Waals surface area contributed by atoms with Crippen LogP contribution in [0.3, 0.4) is 0 Å². The predicted octanol–water partition coefficient (Wildman–Crippen LogP) is 2.69. The highest BCUT2D eigenvalue weighted by molar-refractivity contribution is 5.53. The predicted molar refractivity (Wildman–Crippen MR) is 71.8 cm³/mol. The van der Waals surface area contributed by atoms with Gasteiger partial charge in [0.1, 0.15) is 0 Å². The van der Waals surface area contributed by atoms with Gasteiger partial charge in [-0.15, -0.1) is 0 Å². The van der Waals surface area contributed by atoms with Crippen LogP contribution in [0.2, 0.25) is 0 Å². The second-order valence-electron chi connectivity index (χ2n) is 3.93. The van der Waals surface area contributed by atoms with Crippen molar-refractivity contribution in [1.29, 1.82) is 0 Å². The lowest BCUT2D eigenvalue weighted by molar-refractivity contribution is 0.810. The van der Waals surface area contributed by atoms with Gasteiger partial charge in [0.05, 0.1) is 12.2 Å². The third-order valence-corrected chi connectivity index (χ3v) is 2.72. The van der Waals surface area contributed by atoms with Crippen LogP contribution >= 0.6 is 0 Å². The summed E-state index contributed by atoms with van der Waals surface area (Å²) in [6, 6.07) is 13.9. The lowest BCUT2D eigenvalue weighted by Gasteiger charge is -2.22. The third kappa shape index (κ3) is 2.97. The van der Waals surface area contributed by atoms with Crippen molar-refractivity contribution in [2.75, 3.05) is 17.2 Å². The first-order valence-corrected chi connectivity index (χ1v) is 5.80. The van der Waals surface area contributed by atoms with Crippen LogP contribution in [-0.2, 0) is 6.54 Å². The molecule has 0 atom stereocenters. The zero-order valence-corrected chi connectivity index (χ0v) is 10.0. The largest absolute Gasteiger partial charge is 0.399 e. The molecule has 0 amide bonds. The molecule has 0 aliphatic heterocycles. The molecule has 0 unspecified atom stereocenters. The van der Waals surface area contributed by atoms with Gasteiger partial charge in [-0.25, -0.2) is 0 Å². The third-order valence-electron chi connectivity index (χ3n) is 2.72. The van der Waals surface area contributed by atoms with E-state index < -0.39 is 0 Å². The minimum atomic E-state index is 0.794. The zero-order chi connectivity index (χ0) is 12.1. The zero-order valence-electron chi connectivity index (χ0n) is 10.0. The van der Waals surface area contributed by atoms with Crippen molar-refractivity contribution in [1.82, 2.24) is 4.98 Å². The van der Waals surface area contributed by atoms with E-state index >= 15 is 0 Å². The maximum absolute atomic E-state index is 5.69. The fraction of sp³-hybridized carbons (Fsp3) is 0.214. The van der Waals surface area contributed by atoms with Crippen LogP contribution in [0.15, 0.2) is 48.7 Å². The number of hydrogen-bond donors (Lipinski definition) is 1. The van der Waals surface area contributed by atoms with Crippen LogP contribution in [0.25, 0.3) is 0 Å². The molecule has 17 heavy (non-hydrogen) atoms. The molecule has 1 aromatic carbocycles. The fourth-order valence-electron chi connectivity index (χ4n) is 1.76. The molecule has 2 rings (SSSR count). The second-order valence-corrected chi connectivity index (χ2v) is 3.93. The van der Waals surface area contributed by atoms with Gasteiger partial charge in [-0.3, -0.25) is 4.98 Å². The number of pyridine rings is 1. The van der Waals surface area contributed by atoms with Gasteiger partial charge in [-0.05, 0) is 43.3 Å². The van der Waals surface area contributed by atoms with E-state index in [4.69, 9.17) is 5.73 Å². The monoisotopic (exact) mass is 227 g/mol. The number of nitrogens with two attached hydrogens (primary N) is 1. The van der Waals surface area contributed by atoms with Gasteiger partial charge in [0.15, 0.2) is 0 Å². The fourth-order valence-corrected chi connectivity index (χ4v) is 1.76. The maximum atomic E-state index is 5.69. The molecule has 3 nitrogen and oxygen atoms in total. The van der Waals surface area contributed by atoms with E-state index in [0.717, 1.165) is 24.5 Å². The normalized spacial score (nSPS) is 10.2. The molecule has 0 aliphatic rings. The van der Waals surface area contributed by atoms with Crippen LogP contribution in [0.5, 0.6) is 0 Å². The van der Waals surface area contributed by atoms with E-state index in [9.17, 15) is 0 Å². The maximum Gasteiger partial charge on any atom is 0.0601 e. The molecule has 0 aliphatic carbocycles. The Morgan fingerprint density at radius 1 is 1.12 bits per heavy atom. The highest BCUT2D eigenvalue weighted by Gasteiger charge is 2.05. The average molecular weight is 227 g/mol. The van der Waals surface area contributed by atoms with Gasteiger partial charge in [0, 0.05) is 24.1 Å². The van der Waals surface area contributed by atoms with E-state index in [0.29, 0.717) is 0 Å². The lowest BCUT2D eigenvalue weighted by Crippen LogP contribution is -2.22. The molecule has 0 spiro atoms. The number of nitrogens with zero attached hydrogens (tertiary/aromatic N) is 2. The molecule has 3 heteroatoms. The quantitative estimate of drug-likeness (QED) is 0.816. The summed E-state index contributed by atoms with van der Waals surface area (Å²) < 4.78 is 0. The van der Waals surface area contributed by atoms with Gasteiger partial charge in [-0.2, -0.15) is 0 Å². The first-order chi connectivity index (χ1) is 8.29. The van der Waals surface area contributed by atoms with Crippen LogP contribution in [0.1, 0.15) is 12.6 Å². The van der Waals surface area contributed by atoms with Crippen molar-refractivity contribution in [3.63, 3.8) is 0 Å². The number of hydrogen-bond acceptors (Lipinski definition) is 3. The minimum absolute atomic E-state index is 0.794. The molecule has 1 heterocycles. The van der Waals surface area contributed by atoms with Crippen molar-refractivity contribution >= 4 is 11.4 Å². The Bertz CT molecular complexity index is 451. The summed E-state index contributed by atoms with van der Waals surface area (Å²) in [5, 5.41) is 0. The van der Waals surface area contributed by atoms with Gasteiger partial charge < -0.3 is 10.6 Å². The van der Waals surface area contributed by atoms with Crippen LogP contribution < -0.4 is 10.6 Å². The standard InChI is InChI=1S/C14H17N3/c1-2-17(11-13-5-3-4-10-16-13)14-8-6-12(15)7-9-14/h3-10H,2,11,15H2,1H3. The Hall–Kier alpha value is -2.03. The van der Waals surface area contributed by atoms with Crippen molar-refractivity contribution in [2.24, 2.45) is 0 Å². The average Bonchev–Trinajstić information content (AvgIpc) is 2.38. The summed E-state index contributed by atoms with van der Waals surface area (Å²) in [6.45, 7) is 3.90.